The number of carbonyl (C=O) groups excluding carboxylic acids is 3. The molecule has 12 nitrogen and oxygen atoms in total. The zero-order chi connectivity index (χ0) is 27.6. The fraction of sp³-hybridized carbons (Fsp3) is 0.375. The molecule has 1 fully saturated rings. The number of hydrogen-bond donors (Lipinski definition) is 3. The maximum absolute atomic E-state index is 12.9. The van der Waals surface area contributed by atoms with Crippen molar-refractivity contribution < 1.29 is 36.0 Å². The summed E-state index contributed by atoms with van der Waals surface area (Å²) in [5.41, 5.74) is 0.520. The second-order valence-corrected chi connectivity index (χ2v) is 12.4. The summed E-state index contributed by atoms with van der Waals surface area (Å²) in [7, 11) is -7.78. The second kappa shape index (κ2) is 13.5. The molecular formula is C24H30N4O8S2. The molecule has 2 aromatic carbocycles. The molecule has 1 aliphatic heterocycles. The van der Waals surface area contributed by atoms with Gasteiger partial charge in [-0.3, -0.25) is 9.59 Å². The number of amides is 3. The van der Waals surface area contributed by atoms with Crippen molar-refractivity contribution in [1.82, 2.24) is 20.3 Å². The van der Waals surface area contributed by atoms with E-state index in [1.807, 2.05) is 0 Å². The maximum Gasteiger partial charge on any atom is 0.318 e. The number of Topliss-reactive ketones (excluding diaryl/α,β-unsaturated/α-hetero) is 1. The van der Waals surface area contributed by atoms with Crippen LogP contribution in [-0.4, -0.2) is 90.6 Å². The number of rotatable bonds is 12. The molecule has 2 aromatic rings. The summed E-state index contributed by atoms with van der Waals surface area (Å²) < 4.78 is 57.6. The molecule has 206 valence electrons. The molecule has 0 radical (unpaired) electrons. The van der Waals surface area contributed by atoms with Crippen LogP contribution >= 0.6 is 0 Å². The number of hydrogen-bond acceptors (Lipinski definition) is 8. The fourth-order valence-electron chi connectivity index (χ4n) is 3.56. The van der Waals surface area contributed by atoms with E-state index < -0.39 is 62.5 Å². The minimum absolute atomic E-state index is 0.0219. The van der Waals surface area contributed by atoms with Crippen LogP contribution in [0.25, 0.3) is 0 Å². The summed E-state index contributed by atoms with van der Waals surface area (Å²) in [5, 5.41) is 4.75. The first-order valence-electron chi connectivity index (χ1n) is 11.8. The molecule has 0 aliphatic carbocycles. The van der Waals surface area contributed by atoms with E-state index in [0.29, 0.717) is 18.8 Å². The molecule has 0 aromatic heterocycles. The first kappa shape index (κ1) is 29.2. The van der Waals surface area contributed by atoms with Crippen LogP contribution in [0, 0.1) is 0 Å². The number of morpholine rings is 1. The highest BCUT2D eigenvalue weighted by atomic mass is 32.2. The van der Waals surface area contributed by atoms with E-state index in [-0.39, 0.29) is 23.7 Å². The number of urea groups is 1. The second-order valence-electron chi connectivity index (χ2n) is 8.54. The number of sulfone groups is 1. The van der Waals surface area contributed by atoms with Gasteiger partial charge in [0, 0.05) is 13.1 Å². The Labute approximate surface area is 221 Å². The lowest BCUT2D eigenvalue weighted by atomic mass is 10.2. The SMILES string of the molecule is O=C(CNC(=O)C(CS(=O)(=O)Cc1ccccc1)NC(=O)N1CCOCC1)CNS(=O)(=O)c1ccccc1. The van der Waals surface area contributed by atoms with Crippen molar-refractivity contribution in [2.24, 2.45) is 0 Å². The quantitative estimate of drug-likeness (QED) is 0.314. The smallest absolute Gasteiger partial charge is 0.318 e. The monoisotopic (exact) mass is 566 g/mol. The molecule has 3 N–H and O–H groups in total. The predicted octanol–water partition coefficient (Wildman–Crippen LogP) is -0.324. The molecule has 3 rings (SSSR count). The minimum atomic E-state index is -3.93. The van der Waals surface area contributed by atoms with Gasteiger partial charge in [-0.25, -0.2) is 26.4 Å². The minimum Gasteiger partial charge on any atom is -0.378 e. The summed E-state index contributed by atoms with van der Waals surface area (Å²) >= 11 is 0. The number of carbonyl (C=O) groups is 3. The molecule has 38 heavy (non-hydrogen) atoms. The Balaban J connectivity index is 1.62. The third-order valence-corrected chi connectivity index (χ3v) is 8.57. The van der Waals surface area contributed by atoms with Crippen LogP contribution in [0.3, 0.4) is 0 Å². The lowest BCUT2D eigenvalue weighted by molar-refractivity contribution is -0.125. The van der Waals surface area contributed by atoms with Crippen molar-refractivity contribution in [3.05, 3.63) is 66.2 Å². The Morgan fingerprint density at radius 3 is 2.11 bits per heavy atom. The first-order chi connectivity index (χ1) is 18.1. The number of sulfonamides is 1. The molecule has 0 bridgehead atoms. The van der Waals surface area contributed by atoms with Crippen LogP contribution < -0.4 is 15.4 Å². The zero-order valence-corrected chi connectivity index (χ0v) is 22.2. The number of ether oxygens (including phenoxy) is 1. The standard InChI is InChI=1S/C24H30N4O8S2/c29-20(16-26-38(34,35)21-9-5-2-6-10-21)15-25-23(30)22(27-24(31)28-11-13-36-14-12-28)18-37(32,33)17-19-7-3-1-4-8-19/h1-10,22,26H,11-18H2,(H,25,30)(H,27,31). The van der Waals surface area contributed by atoms with E-state index >= 15 is 0 Å². The number of nitrogens with one attached hydrogen (secondary N) is 3. The van der Waals surface area contributed by atoms with Gasteiger partial charge >= 0.3 is 6.03 Å². The third kappa shape index (κ3) is 9.20. The van der Waals surface area contributed by atoms with Crippen molar-refractivity contribution in [2.45, 2.75) is 16.7 Å². The number of ketones is 1. The number of nitrogens with zero attached hydrogens (tertiary/aromatic N) is 1. The molecule has 1 atom stereocenters. The van der Waals surface area contributed by atoms with Gasteiger partial charge < -0.3 is 20.3 Å². The molecule has 0 saturated carbocycles. The highest BCUT2D eigenvalue weighted by molar-refractivity contribution is 7.90. The van der Waals surface area contributed by atoms with E-state index in [9.17, 15) is 31.2 Å². The van der Waals surface area contributed by atoms with Crippen LogP contribution in [0.5, 0.6) is 0 Å². The number of benzene rings is 2. The van der Waals surface area contributed by atoms with Gasteiger partial charge in [0.25, 0.3) is 0 Å². The molecular weight excluding hydrogens is 536 g/mol. The Morgan fingerprint density at radius 1 is 0.868 bits per heavy atom. The third-order valence-electron chi connectivity index (χ3n) is 5.54. The predicted molar refractivity (Wildman–Crippen MR) is 138 cm³/mol. The van der Waals surface area contributed by atoms with Gasteiger partial charge in [-0.05, 0) is 17.7 Å². The van der Waals surface area contributed by atoms with Crippen LogP contribution in [0.2, 0.25) is 0 Å². The topological polar surface area (TPSA) is 168 Å². The maximum atomic E-state index is 12.9. The van der Waals surface area contributed by atoms with Gasteiger partial charge in [0.2, 0.25) is 15.9 Å². The van der Waals surface area contributed by atoms with E-state index in [1.165, 1.54) is 29.2 Å². The average Bonchev–Trinajstić information content (AvgIpc) is 2.91. The largest absolute Gasteiger partial charge is 0.378 e. The van der Waals surface area contributed by atoms with Crippen molar-refractivity contribution in [3.63, 3.8) is 0 Å². The Morgan fingerprint density at radius 2 is 1.47 bits per heavy atom. The van der Waals surface area contributed by atoms with Crippen molar-refractivity contribution in [3.8, 4) is 0 Å². The van der Waals surface area contributed by atoms with Crippen LogP contribution in [0.1, 0.15) is 5.56 Å². The molecule has 1 unspecified atom stereocenters. The molecule has 0 spiro atoms. The zero-order valence-electron chi connectivity index (χ0n) is 20.5. The van der Waals surface area contributed by atoms with Gasteiger partial charge in [0.05, 0.1) is 42.7 Å². The Hall–Kier alpha value is -3.33. The van der Waals surface area contributed by atoms with Crippen molar-refractivity contribution >= 4 is 37.6 Å². The van der Waals surface area contributed by atoms with E-state index in [2.05, 4.69) is 15.4 Å². The van der Waals surface area contributed by atoms with E-state index in [4.69, 9.17) is 4.74 Å². The van der Waals surface area contributed by atoms with Gasteiger partial charge in [-0.15, -0.1) is 0 Å². The van der Waals surface area contributed by atoms with Gasteiger partial charge in [0.15, 0.2) is 15.6 Å². The summed E-state index contributed by atoms with van der Waals surface area (Å²) in [5.74, 6) is -2.59. The molecule has 1 aliphatic rings. The fourth-order valence-corrected chi connectivity index (χ4v) is 6.15. The Bertz CT molecular complexity index is 1310. The summed E-state index contributed by atoms with van der Waals surface area (Å²) in [6.45, 7) is 0.00927. The van der Waals surface area contributed by atoms with Gasteiger partial charge in [0.1, 0.15) is 6.04 Å². The molecule has 1 saturated heterocycles. The van der Waals surface area contributed by atoms with E-state index in [1.54, 1.807) is 36.4 Å². The van der Waals surface area contributed by atoms with Crippen molar-refractivity contribution in [2.75, 3.05) is 45.1 Å². The van der Waals surface area contributed by atoms with Crippen LogP contribution in [-0.2, 0) is 39.9 Å². The van der Waals surface area contributed by atoms with Crippen molar-refractivity contribution in [1.29, 1.82) is 0 Å². The first-order valence-corrected chi connectivity index (χ1v) is 15.1. The van der Waals surface area contributed by atoms with Crippen LogP contribution in [0.15, 0.2) is 65.6 Å². The lowest BCUT2D eigenvalue weighted by Crippen LogP contribution is -2.56. The van der Waals surface area contributed by atoms with Gasteiger partial charge in [-0.1, -0.05) is 48.5 Å². The summed E-state index contributed by atoms with van der Waals surface area (Å²) in [4.78, 5) is 39.2. The van der Waals surface area contributed by atoms with Gasteiger partial charge in [-0.2, -0.15) is 0 Å². The molecule has 1 heterocycles. The highest BCUT2D eigenvalue weighted by Gasteiger charge is 2.30. The Kier molecular flexibility index (Phi) is 10.4. The summed E-state index contributed by atoms with van der Waals surface area (Å²) in [6.07, 6.45) is 0. The average molecular weight is 567 g/mol. The van der Waals surface area contributed by atoms with Crippen LogP contribution in [0.4, 0.5) is 4.79 Å². The highest BCUT2D eigenvalue weighted by Crippen LogP contribution is 2.09. The molecule has 3 amide bonds. The molecule has 14 heteroatoms. The summed E-state index contributed by atoms with van der Waals surface area (Å²) in [6, 6.07) is 13.7. The lowest BCUT2D eigenvalue weighted by Gasteiger charge is -2.29. The van der Waals surface area contributed by atoms with E-state index in [0.717, 1.165) is 0 Å². The normalized spacial score (nSPS) is 14.9.